The molecule has 0 saturated carbocycles. The summed E-state index contributed by atoms with van der Waals surface area (Å²) in [5, 5.41) is 2.90. The highest BCUT2D eigenvalue weighted by atomic mass is 79.9. The lowest BCUT2D eigenvalue weighted by Gasteiger charge is -2.32. The quantitative estimate of drug-likeness (QED) is 0.287. The molecule has 0 saturated heterocycles. The van der Waals surface area contributed by atoms with Crippen molar-refractivity contribution < 1.29 is 18.0 Å². The average molecular weight is 601 g/mol. The first kappa shape index (κ1) is 29.4. The van der Waals surface area contributed by atoms with Crippen LogP contribution >= 0.6 is 15.9 Å². The molecule has 0 aliphatic rings. The number of halogens is 1. The molecule has 7 nitrogen and oxygen atoms in total. The fourth-order valence-corrected chi connectivity index (χ4v) is 5.78. The number of carbonyl (C=O) groups is 2. The summed E-state index contributed by atoms with van der Waals surface area (Å²) in [6.07, 6.45) is 1.76. The van der Waals surface area contributed by atoms with Crippen LogP contribution in [0.1, 0.15) is 37.8 Å². The molecule has 3 rings (SSSR count). The predicted molar refractivity (Wildman–Crippen MR) is 154 cm³/mol. The number of nitrogens with one attached hydrogen (secondary N) is 1. The van der Waals surface area contributed by atoms with Crippen molar-refractivity contribution >= 4 is 43.5 Å². The van der Waals surface area contributed by atoms with E-state index in [-0.39, 0.29) is 17.3 Å². The van der Waals surface area contributed by atoms with Gasteiger partial charge in [0.15, 0.2) is 0 Å². The van der Waals surface area contributed by atoms with Crippen LogP contribution < -0.4 is 9.62 Å². The van der Waals surface area contributed by atoms with Gasteiger partial charge in [0.05, 0.1) is 10.6 Å². The fourth-order valence-electron chi connectivity index (χ4n) is 3.97. The van der Waals surface area contributed by atoms with E-state index in [1.807, 2.05) is 38.1 Å². The second-order valence-corrected chi connectivity index (χ2v) is 11.9. The summed E-state index contributed by atoms with van der Waals surface area (Å²) in [7, 11) is -4.08. The predicted octanol–water partition coefficient (Wildman–Crippen LogP) is 5.29. The molecule has 0 fully saturated rings. The second kappa shape index (κ2) is 13.6. The number of hydrogen-bond donors (Lipinski definition) is 1. The van der Waals surface area contributed by atoms with E-state index in [2.05, 4.69) is 21.2 Å². The van der Waals surface area contributed by atoms with Crippen molar-refractivity contribution in [2.45, 2.75) is 51.1 Å². The normalized spacial score (nSPS) is 12.0. The zero-order valence-corrected chi connectivity index (χ0v) is 24.3. The Hall–Kier alpha value is -3.17. The number of benzene rings is 3. The van der Waals surface area contributed by atoms with E-state index in [0.29, 0.717) is 16.7 Å². The molecule has 0 spiro atoms. The Bertz CT molecular complexity index is 1350. The molecule has 9 heteroatoms. The van der Waals surface area contributed by atoms with Crippen LogP contribution in [0.15, 0.2) is 88.2 Å². The topological polar surface area (TPSA) is 86.8 Å². The lowest BCUT2D eigenvalue weighted by molar-refractivity contribution is -0.139. The molecule has 0 bridgehead atoms. The summed E-state index contributed by atoms with van der Waals surface area (Å²) in [5.41, 5.74) is 2.20. The molecular weight excluding hydrogens is 566 g/mol. The molecule has 3 aromatic carbocycles. The van der Waals surface area contributed by atoms with E-state index in [9.17, 15) is 18.0 Å². The molecule has 202 valence electrons. The monoisotopic (exact) mass is 599 g/mol. The molecule has 1 atom stereocenters. The van der Waals surface area contributed by atoms with Gasteiger partial charge < -0.3 is 10.2 Å². The largest absolute Gasteiger partial charge is 0.354 e. The second-order valence-electron chi connectivity index (χ2n) is 9.07. The Balaban J connectivity index is 2.00. The van der Waals surface area contributed by atoms with E-state index in [0.717, 1.165) is 28.3 Å². The van der Waals surface area contributed by atoms with Crippen molar-refractivity contribution in [2.24, 2.45) is 0 Å². The summed E-state index contributed by atoms with van der Waals surface area (Å²) in [6.45, 7) is 5.87. The van der Waals surface area contributed by atoms with Crippen LogP contribution in [-0.2, 0) is 26.2 Å². The summed E-state index contributed by atoms with van der Waals surface area (Å²) < 4.78 is 29.3. The maximum atomic E-state index is 13.9. The van der Waals surface area contributed by atoms with Crippen LogP contribution in [0.4, 0.5) is 5.69 Å². The number of hydrogen-bond acceptors (Lipinski definition) is 4. The van der Waals surface area contributed by atoms with Crippen LogP contribution in [0.25, 0.3) is 0 Å². The van der Waals surface area contributed by atoms with E-state index in [4.69, 9.17) is 0 Å². The number of sulfonamides is 1. The zero-order chi connectivity index (χ0) is 27.7. The highest BCUT2D eigenvalue weighted by molar-refractivity contribution is 9.10. The van der Waals surface area contributed by atoms with Gasteiger partial charge in [0.1, 0.15) is 12.6 Å². The molecule has 1 N–H and O–H groups in total. The summed E-state index contributed by atoms with van der Waals surface area (Å²) in [6, 6.07) is 21.6. The zero-order valence-electron chi connectivity index (χ0n) is 21.9. The minimum atomic E-state index is -4.08. The molecule has 0 heterocycles. The van der Waals surface area contributed by atoms with E-state index < -0.39 is 28.5 Å². The first-order valence-electron chi connectivity index (χ1n) is 12.6. The van der Waals surface area contributed by atoms with Gasteiger partial charge in [-0.15, -0.1) is 0 Å². The lowest BCUT2D eigenvalue weighted by atomic mass is 10.1. The number of anilines is 1. The number of nitrogens with zero attached hydrogens (tertiary/aromatic N) is 2. The summed E-state index contributed by atoms with van der Waals surface area (Å²) in [5.74, 6) is -0.758. The third-order valence-electron chi connectivity index (χ3n) is 6.31. The standard InChI is InChI=1S/C29H34BrN3O4S/c1-4-5-18-31-29(35)23(3)32(20-24-13-10-9-12-22(24)2)28(34)21-33(26-15-11-14-25(30)19-26)38(36,37)27-16-7-6-8-17-27/h6-17,19,23H,4-5,18,20-21H2,1-3H3,(H,31,35). The molecule has 38 heavy (non-hydrogen) atoms. The van der Waals surface area contributed by atoms with Gasteiger partial charge in [0, 0.05) is 17.6 Å². The highest BCUT2D eigenvalue weighted by Gasteiger charge is 2.32. The molecule has 2 amide bonds. The third-order valence-corrected chi connectivity index (χ3v) is 8.59. The van der Waals surface area contributed by atoms with Crippen LogP contribution in [0.3, 0.4) is 0 Å². The van der Waals surface area contributed by atoms with Crippen molar-refractivity contribution in [3.63, 3.8) is 0 Å². The minimum Gasteiger partial charge on any atom is -0.354 e. The SMILES string of the molecule is CCCCNC(=O)C(C)N(Cc1ccccc1C)C(=O)CN(c1cccc(Br)c1)S(=O)(=O)c1ccccc1. The van der Waals surface area contributed by atoms with Gasteiger partial charge in [-0.1, -0.05) is 77.8 Å². The number of amides is 2. The van der Waals surface area contributed by atoms with Crippen molar-refractivity contribution in [1.82, 2.24) is 10.2 Å². The smallest absolute Gasteiger partial charge is 0.264 e. The van der Waals surface area contributed by atoms with Gasteiger partial charge in [-0.3, -0.25) is 13.9 Å². The Morgan fingerprint density at radius 3 is 2.32 bits per heavy atom. The molecule has 0 aliphatic carbocycles. The molecule has 0 radical (unpaired) electrons. The molecular formula is C29H34BrN3O4S. The first-order chi connectivity index (χ1) is 18.1. The van der Waals surface area contributed by atoms with Gasteiger partial charge in [0.25, 0.3) is 10.0 Å². The van der Waals surface area contributed by atoms with Crippen LogP contribution in [0.5, 0.6) is 0 Å². The minimum absolute atomic E-state index is 0.0728. The Morgan fingerprint density at radius 2 is 1.66 bits per heavy atom. The first-order valence-corrected chi connectivity index (χ1v) is 14.8. The Kier molecular flexibility index (Phi) is 10.5. The number of aryl methyl sites for hydroxylation is 1. The molecule has 0 aliphatic heterocycles. The average Bonchev–Trinajstić information content (AvgIpc) is 2.91. The van der Waals surface area contributed by atoms with Crippen molar-refractivity contribution in [1.29, 1.82) is 0 Å². The maximum Gasteiger partial charge on any atom is 0.264 e. The molecule has 3 aromatic rings. The van der Waals surface area contributed by atoms with Crippen LogP contribution in [-0.4, -0.2) is 44.3 Å². The highest BCUT2D eigenvalue weighted by Crippen LogP contribution is 2.27. The number of carbonyl (C=O) groups excluding carboxylic acids is 2. The Labute approximate surface area is 234 Å². The van der Waals surface area contributed by atoms with E-state index in [1.165, 1.54) is 17.0 Å². The van der Waals surface area contributed by atoms with Crippen LogP contribution in [0.2, 0.25) is 0 Å². The van der Waals surface area contributed by atoms with Crippen molar-refractivity contribution in [3.05, 3.63) is 94.5 Å². The van der Waals surface area contributed by atoms with Gasteiger partial charge in [-0.2, -0.15) is 0 Å². The van der Waals surface area contributed by atoms with Gasteiger partial charge in [0.2, 0.25) is 11.8 Å². The van der Waals surface area contributed by atoms with Crippen LogP contribution in [0, 0.1) is 6.92 Å². The van der Waals surface area contributed by atoms with Gasteiger partial charge >= 0.3 is 0 Å². The summed E-state index contributed by atoms with van der Waals surface area (Å²) >= 11 is 3.40. The molecule has 0 aromatic heterocycles. The Morgan fingerprint density at radius 1 is 0.974 bits per heavy atom. The molecule has 1 unspecified atom stereocenters. The van der Waals surface area contributed by atoms with Crippen molar-refractivity contribution in [3.8, 4) is 0 Å². The maximum absolute atomic E-state index is 13.9. The van der Waals surface area contributed by atoms with E-state index >= 15 is 0 Å². The van der Waals surface area contributed by atoms with Crippen molar-refractivity contribution in [2.75, 3.05) is 17.4 Å². The van der Waals surface area contributed by atoms with E-state index in [1.54, 1.807) is 49.4 Å². The van der Waals surface area contributed by atoms with Gasteiger partial charge in [-0.25, -0.2) is 8.42 Å². The number of rotatable bonds is 12. The summed E-state index contributed by atoms with van der Waals surface area (Å²) in [4.78, 5) is 28.5. The lowest BCUT2D eigenvalue weighted by Crippen LogP contribution is -2.51. The number of unbranched alkanes of at least 4 members (excludes halogenated alkanes) is 1. The fraction of sp³-hybridized carbons (Fsp3) is 0.310. The third kappa shape index (κ3) is 7.45. The van der Waals surface area contributed by atoms with Gasteiger partial charge in [-0.05, 0) is 61.7 Å².